The molecule has 10 heteroatoms. The van der Waals surface area contributed by atoms with Crippen LogP contribution in [0.15, 0.2) is 4.79 Å². The van der Waals surface area contributed by atoms with Crippen LogP contribution in [0.2, 0.25) is 0 Å². The van der Waals surface area contributed by atoms with Crippen LogP contribution in [0, 0.1) is 20.8 Å². The molecule has 1 unspecified atom stereocenters. The number of aryl methyl sites for hydroxylation is 3. The summed E-state index contributed by atoms with van der Waals surface area (Å²) in [5, 5.41) is 10.7. The lowest BCUT2D eigenvalue weighted by Gasteiger charge is -2.10. The van der Waals surface area contributed by atoms with Crippen molar-refractivity contribution in [3.8, 4) is 10.6 Å². The number of nitrogens with one attached hydrogen (secondary N) is 2. The summed E-state index contributed by atoms with van der Waals surface area (Å²) in [5.74, 6) is -0.168. The maximum Gasteiger partial charge on any atom is 0.277 e. The average Bonchev–Trinajstić information content (AvgIpc) is 2.92. The zero-order chi connectivity index (χ0) is 18.0. The van der Waals surface area contributed by atoms with Crippen molar-refractivity contribution in [1.29, 1.82) is 0 Å². The Morgan fingerprint density at radius 3 is 2.42 bits per heavy atom. The van der Waals surface area contributed by atoms with Gasteiger partial charge in [-0.2, -0.15) is 5.10 Å². The van der Waals surface area contributed by atoms with Gasteiger partial charge in [0.15, 0.2) is 0 Å². The predicted molar refractivity (Wildman–Crippen MR) is 110 cm³/mol. The minimum Gasteiger partial charge on any atom is -0.350 e. The fourth-order valence-corrected chi connectivity index (χ4v) is 3.32. The van der Waals surface area contributed by atoms with E-state index in [-0.39, 0.29) is 42.3 Å². The lowest BCUT2D eigenvalue weighted by Crippen LogP contribution is -2.37. The first-order valence-electron chi connectivity index (χ1n) is 7.74. The van der Waals surface area contributed by atoms with E-state index in [2.05, 4.69) is 20.7 Å². The summed E-state index contributed by atoms with van der Waals surface area (Å²) in [6.45, 7) is 8.00. The lowest BCUT2D eigenvalue weighted by molar-refractivity contribution is 0.0954. The van der Waals surface area contributed by atoms with Gasteiger partial charge in [0.05, 0.1) is 17.0 Å². The van der Waals surface area contributed by atoms with Crippen molar-refractivity contribution < 1.29 is 4.79 Å². The number of amides is 1. The molecular formula is C16H25Cl2N5O2S. The van der Waals surface area contributed by atoms with E-state index in [1.165, 1.54) is 16.0 Å². The standard InChI is InChI=1S/C16H23N5O2S.2ClH/c1-8(17-5)7-18-14(22)13-11(4)19-15(24-13)12-9(2)10(3)20-21(6)16(12)23;;/h8,17H,7H2,1-6H3,(H,18,22);2*1H. The van der Waals surface area contributed by atoms with Crippen LogP contribution in [-0.2, 0) is 7.05 Å². The van der Waals surface area contributed by atoms with E-state index in [0.717, 1.165) is 11.3 Å². The number of nitrogens with zero attached hydrogens (tertiary/aromatic N) is 3. The van der Waals surface area contributed by atoms with Gasteiger partial charge in [-0.25, -0.2) is 9.67 Å². The SMILES string of the molecule is CNC(C)CNC(=O)c1sc(-c2c(C)c(C)nn(C)c2=O)nc1C.Cl.Cl. The molecule has 0 spiro atoms. The topological polar surface area (TPSA) is 88.9 Å². The van der Waals surface area contributed by atoms with Crippen LogP contribution < -0.4 is 16.2 Å². The van der Waals surface area contributed by atoms with E-state index in [4.69, 9.17) is 0 Å². The second-order valence-electron chi connectivity index (χ2n) is 5.85. The molecule has 2 aromatic rings. The Labute approximate surface area is 169 Å². The van der Waals surface area contributed by atoms with E-state index in [0.29, 0.717) is 27.7 Å². The quantitative estimate of drug-likeness (QED) is 0.770. The maximum atomic E-state index is 12.4. The Kier molecular flexibility index (Phi) is 9.44. The molecule has 26 heavy (non-hydrogen) atoms. The van der Waals surface area contributed by atoms with Crippen LogP contribution in [0.5, 0.6) is 0 Å². The average molecular weight is 422 g/mol. The molecule has 2 heterocycles. The van der Waals surface area contributed by atoms with Crippen molar-refractivity contribution in [3.05, 3.63) is 32.2 Å². The van der Waals surface area contributed by atoms with Crippen molar-refractivity contribution in [2.75, 3.05) is 13.6 Å². The summed E-state index contributed by atoms with van der Waals surface area (Å²) in [6, 6.07) is 0.180. The van der Waals surface area contributed by atoms with Gasteiger partial charge in [-0.05, 0) is 40.3 Å². The monoisotopic (exact) mass is 421 g/mol. The van der Waals surface area contributed by atoms with Gasteiger partial charge in [-0.1, -0.05) is 0 Å². The third kappa shape index (κ3) is 5.03. The Hall–Kier alpha value is -1.48. The summed E-state index contributed by atoms with van der Waals surface area (Å²) < 4.78 is 1.31. The molecule has 0 radical (unpaired) electrons. The molecule has 2 rings (SSSR count). The molecule has 0 aliphatic heterocycles. The zero-order valence-electron chi connectivity index (χ0n) is 15.7. The highest BCUT2D eigenvalue weighted by Crippen LogP contribution is 2.28. The molecule has 0 saturated heterocycles. The molecule has 0 fully saturated rings. The number of carbonyl (C=O) groups is 1. The van der Waals surface area contributed by atoms with Crippen LogP contribution in [-0.4, -0.2) is 40.3 Å². The molecule has 2 aromatic heterocycles. The predicted octanol–water partition coefficient (Wildman–Crippen LogP) is 2.01. The first kappa shape index (κ1) is 24.5. The molecule has 2 N–H and O–H groups in total. The normalized spacial score (nSPS) is 11.3. The highest BCUT2D eigenvalue weighted by atomic mass is 35.5. The maximum absolute atomic E-state index is 12.4. The van der Waals surface area contributed by atoms with Gasteiger partial charge in [0.1, 0.15) is 9.88 Å². The molecule has 146 valence electrons. The Morgan fingerprint density at radius 2 is 1.85 bits per heavy atom. The lowest BCUT2D eigenvalue weighted by atomic mass is 10.1. The van der Waals surface area contributed by atoms with Gasteiger partial charge in [0, 0.05) is 19.6 Å². The van der Waals surface area contributed by atoms with Crippen molar-refractivity contribution >= 4 is 42.1 Å². The number of rotatable bonds is 5. The third-order valence-corrected chi connectivity index (χ3v) is 5.18. The van der Waals surface area contributed by atoms with Crippen LogP contribution in [0.3, 0.4) is 0 Å². The van der Waals surface area contributed by atoms with Crippen LogP contribution >= 0.6 is 36.2 Å². The second-order valence-corrected chi connectivity index (χ2v) is 6.85. The molecule has 1 atom stereocenters. The fourth-order valence-electron chi connectivity index (χ4n) is 2.24. The van der Waals surface area contributed by atoms with E-state index >= 15 is 0 Å². The van der Waals surface area contributed by atoms with Gasteiger partial charge in [0.25, 0.3) is 11.5 Å². The van der Waals surface area contributed by atoms with Crippen LogP contribution in [0.25, 0.3) is 10.6 Å². The largest absolute Gasteiger partial charge is 0.350 e. The Bertz CT molecular complexity index is 835. The number of hydrogen-bond donors (Lipinski definition) is 2. The van der Waals surface area contributed by atoms with Gasteiger partial charge < -0.3 is 10.6 Å². The molecule has 0 bridgehead atoms. The first-order valence-corrected chi connectivity index (χ1v) is 8.55. The Morgan fingerprint density at radius 1 is 1.23 bits per heavy atom. The number of hydrogen-bond acceptors (Lipinski definition) is 6. The molecule has 0 saturated carbocycles. The van der Waals surface area contributed by atoms with Crippen molar-refractivity contribution in [1.82, 2.24) is 25.4 Å². The van der Waals surface area contributed by atoms with Gasteiger partial charge in [-0.3, -0.25) is 9.59 Å². The van der Waals surface area contributed by atoms with Crippen molar-refractivity contribution in [2.45, 2.75) is 33.7 Å². The third-order valence-electron chi connectivity index (χ3n) is 4.00. The highest BCUT2D eigenvalue weighted by Gasteiger charge is 2.21. The number of thiazole rings is 1. The number of likely N-dealkylation sites (N-methyl/N-ethyl adjacent to an activating group) is 1. The summed E-state index contributed by atoms with van der Waals surface area (Å²) in [4.78, 5) is 29.8. The van der Waals surface area contributed by atoms with Crippen LogP contribution in [0.4, 0.5) is 0 Å². The van der Waals surface area contributed by atoms with Gasteiger partial charge >= 0.3 is 0 Å². The molecule has 1 amide bonds. The molecule has 0 aliphatic carbocycles. The van der Waals surface area contributed by atoms with Crippen molar-refractivity contribution in [3.63, 3.8) is 0 Å². The fraction of sp³-hybridized carbons (Fsp3) is 0.500. The van der Waals surface area contributed by atoms with Crippen molar-refractivity contribution in [2.24, 2.45) is 7.05 Å². The molecule has 0 aromatic carbocycles. The molecule has 0 aliphatic rings. The molecular weight excluding hydrogens is 397 g/mol. The van der Waals surface area contributed by atoms with E-state index in [9.17, 15) is 9.59 Å². The Balaban J connectivity index is 0.00000312. The second kappa shape index (κ2) is 10.0. The van der Waals surface area contributed by atoms with E-state index in [1.54, 1.807) is 14.0 Å². The summed E-state index contributed by atoms with van der Waals surface area (Å²) >= 11 is 1.24. The smallest absolute Gasteiger partial charge is 0.277 e. The first-order chi connectivity index (χ1) is 11.3. The minimum atomic E-state index is -0.206. The van der Waals surface area contributed by atoms with Gasteiger partial charge in [0.2, 0.25) is 0 Å². The highest BCUT2D eigenvalue weighted by molar-refractivity contribution is 7.17. The summed E-state index contributed by atoms with van der Waals surface area (Å²) in [7, 11) is 3.46. The molecule has 7 nitrogen and oxygen atoms in total. The number of aromatic nitrogens is 3. The summed E-state index contributed by atoms with van der Waals surface area (Å²) in [5.41, 5.74) is 2.50. The number of carbonyl (C=O) groups excluding carboxylic acids is 1. The minimum absolute atomic E-state index is 0. The van der Waals surface area contributed by atoms with Gasteiger partial charge in [-0.15, -0.1) is 36.2 Å². The van der Waals surface area contributed by atoms with E-state index in [1.807, 2.05) is 27.8 Å². The van der Waals surface area contributed by atoms with E-state index < -0.39 is 0 Å². The number of halogens is 2. The summed E-state index contributed by atoms with van der Waals surface area (Å²) in [6.07, 6.45) is 0. The zero-order valence-corrected chi connectivity index (χ0v) is 18.1. The van der Waals surface area contributed by atoms with Crippen LogP contribution in [0.1, 0.15) is 33.5 Å².